The number of furan rings is 1. The average molecular weight is 242 g/mol. The Labute approximate surface area is 102 Å². The summed E-state index contributed by atoms with van der Waals surface area (Å²) in [5.41, 5.74) is 2.57. The molecule has 0 unspecified atom stereocenters. The Morgan fingerprint density at radius 3 is 3.00 bits per heavy atom. The second kappa shape index (κ2) is 4.03. The zero-order valence-corrected chi connectivity index (χ0v) is 9.64. The highest BCUT2D eigenvalue weighted by molar-refractivity contribution is 6.04. The third kappa shape index (κ3) is 1.86. The van der Waals surface area contributed by atoms with Crippen molar-refractivity contribution in [2.75, 3.05) is 5.32 Å². The molecule has 5 heteroatoms. The Kier molecular flexibility index (Phi) is 2.37. The summed E-state index contributed by atoms with van der Waals surface area (Å²) in [6, 6.07) is 6.92. The molecule has 0 aliphatic rings. The van der Waals surface area contributed by atoms with Crippen molar-refractivity contribution < 1.29 is 13.6 Å². The molecule has 0 aliphatic carbocycles. The van der Waals surface area contributed by atoms with Crippen LogP contribution < -0.4 is 5.32 Å². The zero-order chi connectivity index (χ0) is 12.5. The van der Waals surface area contributed by atoms with Crippen LogP contribution in [0.2, 0.25) is 0 Å². The van der Waals surface area contributed by atoms with Crippen molar-refractivity contribution in [3.63, 3.8) is 0 Å². The fourth-order valence-electron chi connectivity index (χ4n) is 1.72. The number of oxazole rings is 1. The molecule has 1 amide bonds. The van der Waals surface area contributed by atoms with Crippen LogP contribution in [0.5, 0.6) is 0 Å². The van der Waals surface area contributed by atoms with Gasteiger partial charge in [-0.05, 0) is 24.3 Å². The lowest BCUT2D eigenvalue weighted by Gasteiger charge is -2.02. The average Bonchev–Trinajstić information content (AvgIpc) is 2.95. The number of carbonyl (C=O) groups excluding carboxylic acids is 1. The van der Waals surface area contributed by atoms with Crippen molar-refractivity contribution >= 4 is 22.7 Å². The molecule has 1 aromatic carbocycles. The van der Waals surface area contributed by atoms with Gasteiger partial charge in [-0.2, -0.15) is 0 Å². The van der Waals surface area contributed by atoms with E-state index in [0.717, 1.165) is 5.52 Å². The van der Waals surface area contributed by atoms with Gasteiger partial charge in [0.05, 0.1) is 11.8 Å². The Hall–Kier alpha value is -2.56. The maximum Gasteiger partial charge on any atom is 0.258 e. The number of aromatic nitrogens is 1. The van der Waals surface area contributed by atoms with Gasteiger partial charge in [-0.3, -0.25) is 4.79 Å². The number of nitrogens with zero attached hydrogens (tertiary/aromatic N) is 1. The molecule has 18 heavy (non-hydrogen) atoms. The summed E-state index contributed by atoms with van der Waals surface area (Å²) in [4.78, 5) is 16.0. The number of fused-ring (bicyclic) bond motifs is 1. The molecule has 0 saturated carbocycles. The van der Waals surface area contributed by atoms with Gasteiger partial charge in [0.25, 0.3) is 5.91 Å². The molecular formula is C13H10N2O3. The van der Waals surface area contributed by atoms with Gasteiger partial charge in [0.1, 0.15) is 11.8 Å². The molecule has 3 aromatic rings. The van der Waals surface area contributed by atoms with Crippen molar-refractivity contribution in [3.8, 4) is 0 Å². The van der Waals surface area contributed by atoms with E-state index in [2.05, 4.69) is 10.3 Å². The second-order valence-corrected chi connectivity index (χ2v) is 3.88. The molecule has 90 valence electrons. The Morgan fingerprint density at radius 1 is 1.33 bits per heavy atom. The molecular weight excluding hydrogens is 232 g/mol. The highest BCUT2D eigenvalue weighted by Crippen LogP contribution is 2.20. The van der Waals surface area contributed by atoms with E-state index in [1.807, 2.05) is 0 Å². The van der Waals surface area contributed by atoms with E-state index in [4.69, 9.17) is 8.83 Å². The summed E-state index contributed by atoms with van der Waals surface area (Å²) >= 11 is 0. The van der Waals surface area contributed by atoms with E-state index in [-0.39, 0.29) is 5.91 Å². The van der Waals surface area contributed by atoms with E-state index in [1.54, 1.807) is 31.2 Å². The molecule has 0 radical (unpaired) electrons. The zero-order valence-electron chi connectivity index (χ0n) is 9.64. The lowest BCUT2D eigenvalue weighted by molar-refractivity contribution is 0.102. The van der Waals surface area contributed by atoms with Crippen LogP contribution in [0.3, 0.4) is 0 Å². The number of nitrogens with one attached hydrogen (secondary N) is 1. The molecule has 0 saturated heterocycles. The van der Waals surface area contributed by atoms with Gasteiger partial charge < -0.3 is 14.2 Å². The molecule has 1 N–H and O–H groups in total. The van der Waals surface area contributed by atoms with Gasteiger partial charge in [-0.1, -0.05) is 0 Å². The number of hydrogen-bond donors (Lipinski definition) is 1. The van der Waals surface area contributed by atoms with Gasteiger partial charge in [0.15, 0.2) is 11.5 Å². The third-order valence-electron chi connectivity index (χ3n) is 2.54. The highest BCUT2D eigenvalue weighted by Gasteiger charge is 2.09. The number of hydrogen-bond acceptors (Lipinski definition) is 4. The van der Waals surface area contributed by atoms with Gasteiger partial charge in [0, 0.05) is 12.6 Å². The number of anilines is 1. The van der Waals surface area contributed by atoms with E-state index in [1.165, 1.54) is 12.5 Å². The molecule has 2 heterocycles. The minimum Gasteiger partial charge on any atom is -0.472 e. The summed E-state index contributed by atoms with van der Waals surface area (Å²) in [5.74, 6) is 0.381. The fourth-order valence-corrected chi connectivity index (χ4v) is 1.72. The van der Waals surface area contributed by atoms with Crippen molar-refractivity contribution in [1.82, 2.24) is 4.98 Å². The summed E-state index contributed by atoms with van der Waals surface area (Å²) in [6.07, 6.45) is 2.85. The largest absolute Gasteiger partial charge is 0.472 e. The summed E-state index contributed by atoms with van der Waals surface area (Å²) in [5, 5.41) is 2.77. The Morgan fingerprint density at radius 2 is 2.22 bits per heavy atom. The summed E-state index contributed by atoms with van der Waals surface area (Å²) < 4.78 is 10.2. The molecule has 0 fully saturated rings. The second-order valence-electron chi connectivity index (χ2n) is 3.88. The van der Waals surface area contributed by atoms with Gasteiger partial charge in [-0.25, -0.2) is 4.98 Å². The van der Waals surface area contributed by atoms with Gasteiger partial charge in [-0.15, -0.1) is 0 Å². The first-order chi connectivity index (χ1) is 8.72. The highest BCUT2D eigenvalue weighted by atomic mass is 16.3. The van der Waals surface area contributed by atoms with Gasteiger partial charge in [0.2, 0.25) is 0 Å². The Bertz CT molecular complexity index is 698. The van der Waals surface area contributed by atoms with Crippen molar-refractivity contribution in [2.45, 2.75) is 6.92 Å². The lowest BCUT2D eigenvalue weighted by Crippen LogP contribution is -2.10. The lowest BCUT2D eigenvalue weighted by atomic mass is 10.2. The topological polar surface area (TPSA) is 68.3 Å². The number of rotatable bonds is 2. The van der Waals surface area contributed by atoms with E-state index < -0.39 is 0 Å². The first-order valence-electron chi connectivity index (χ1n) is 5.43. The molecule has 0 atom stereocenters. The monoisotopic (exact) mass is 242 g/mol. The summed E-state index contributed by atoms with van der Waals surface area (Å²) in [7, 11) is 0. The first-order valence-corrected chi connectivity index (χ1v) is 5.43. The summed E-state index contributed by atoms with van der Waals surface area (Å²) in [6.45, 7) is 1.78. The molecule has 5 nitrogen and oxygen atoms in total. The quantitative estimate of drug-likeness (QED) is 0.750. The molecule has 2 aromatic heterocycles. The SMILES string of the molecule is Cc1nc2cc(NC(=O)c3ccoc3)ccc2o1. The van der Waals surface area contributed by atoms with E-state index >= 15 is 0 Å². The van der Waals surface area contributed by atoms with Crippen LogP contribution in [0.1, 0.15) is 16.2 Å². The van der Waals surface area contributed by atoms with Crippen LogP contribution in [0.4, 0.5) is 5.69 Å². The minimum absolute atomic E-state index is 0.219. The fraction of sp³-hybridized carbons (Fsp3) is 0.0769. The third-order valence-corrected chi connectivity index (χ3v) is 2.54. The van der Waals surface area contributed by atoms with Crippen molar-refractivity contribution in [3.05, 3.63) is 48.2 Å². The Balaban J connectivity index is 1.88. The van der Waals surface area contributed by atoms with Crippen LogP contribution in [-0.2, 0) is 0 Å². The number of carbonyl (C=O) groups is 1. The minimum atomic E-state index is -0.219. The van der Waals surface area contributed by atoms with E-state index in [9.17, 15) is 4.79 Å². The number of benzene rings is 1. The smallest absolute Gasteiger partial charge is 0.258 e. The van der Waals surface area contributed by atoms with Crippen LogP contribution in [0, 0.1) is 6.92 Å². The predicted molar refractivity (Wildman–Crippen MR) is 65.4 cm³/mol. The normalized spacial score (nSPS) is 10.7. The van der Waals surface area contributed by atoms with Crippen molar-refractivity contribution in [2.24, 2.45) is 0 Å². The standard InChI is InChI=1S/C13H10N2O3/c1-8-14-11-6-10(2-3-12(11)18-8)15-13(16)9-4-5-17-7-9/h2-7H,1H3,(H,15,16). The van der Waals surface area contributed by atoms with Crippen LogP contribution >= 0.6 is 0 Å². The maximum absolute atomic E-state index is 11.8. The maximum atomic E-state index is 11.8. The molecule has 0 bridgehead atoms. The molecule has 0 spiro atoms. The van der Waals surface area contributed by atoms with Crippen LogP contribution in [0.15, 0.2) is 45.6 Å². The predicted octanol–water partition coefficient (Wildman–Crippen LogP) is 2.98. The first kappa shape index (κ1) is 10.6. The van der Waals surface area contributed by atoms with Crippen LogP contribution in [0.25, 0.3) is 11.1 Å². The molecule has 0 aliphatic heterocycles. The number of amides is 1. The molecule has 3 rings (SSSR count). The van der Waals surface area contributed by atoms with Crippen LogP contribution in [-0.4, -0.2) is 10.9 Å². The number of aryl methyl sites for hydroxylation is 1. The van der Waals surface area contributed by atoms with E-state index in [0.29, 0.717) is 22.7 Å². The van der Waals surface area contributed by atoms with Crippen molar-refractivity contribution in [1.29, 1.82) is 0 Å². The van der Waals surface area contributed by atoms with Gasteiger partial charge >= 0.3 is 0 Å².